The molecule has 0 fully saturated rings. The van der Waals surface area contributed by atoms with Crippen LogP contribution in [-0.2, 0) is 0 Å². The van der Waals surface area contributed by atoms with Crippen LogP contribution < -0.4 is 0 Å². The van der Waals surface area contributed by atoms with Gasteiger partial charge in [0.1, 0.15) is 0 Å². The highest BCUT2D eigenvalue weighted by Crippen LogP contribution is 2.33. The summed E-state index contributed by atoms with van der Waals surface area (Å²) in [6.45, 7) is 27.7. The number of aromatic nitrogens is 1. The summed E-state index contributed by atoms with van der Waals surface area (Å²) in [6, 6.07) is 103. The normalized spacial score (nSPS) is 10.3. The van der Waals surface area contributed by atoms with Gasteiger partial charge in [-0.3, -0.25) is 0 Å². The first kappa shape index (κ1) is 64.2. The second kappa shape index (κ2) is 31.5. The van der Waals surface area contributed by atoms with Crippen LogP contribution in [0.15, 0.2) is 291 Å². The molecule has 0 N–H and O–H groups in total. The van der Waals surface area contributed by atoms with Gasteiger partial charge in [0, 0.05) is 16.5 Å². The van der Waals surface area contributed by atoms with Crippen molar-refractivity contribution >= 4 is 43.4 Å². The van der Waals surface area contributed by atoms with Crippen molar-refractivity contribution < 1.29 is 0 Å². The maximum absolute atomic E-state index is 2.34. The van der Waals surface area contributed by atoms with Crippen LogP contribution in [0.4, 0.5) is 0 Å². The third-order valence-electron chi connectivity index (χ3n) is 16.0. The van der Waals surface area contributed by atoms with Crippen LogP contribution in [0.25, 0.3) is 71.3 Å². The van der Waals surface area contributed by atoms with Gasteiger partial charge in [-0.25, -0.2) is 0 Å². The maximum atomic E-state index is 2.34. The highest BCUT2D eigenvalue weighted by atomic mass is 15.0. The molecule has 0 saturated heterocycles. The van der Waals surface area contributed by atoms with Crippen molar-refractivity contribution in [3.63, 3.8) is 0 Å². The monoisotopic (exact) mass is 1150 g/mol. The lowest BCUT2D eigenvalue weighted by molar-refractivity contribution is 1.18. The van der Waals surface area contributed by atoms with Crippen LogP contribution >= 0.6 is 0 Å². The zero-order valence-corrected chi connectivity index (χ0v) is 54.2. The Labute approximate surface area is 526 Å². The number of para-hydroxylation sites is 2. The van der Waals surface area contributed by atoms with Crippen molar-refractivity contribution in [2.45, 2.75) is 90.0 Å². The average Bonchev–Trinajstić information content (AvgIpc) is 1.66. The van der Waals surface area contributed by atoms with Crippen LogP contribution in [-0.4, -0.2) is 4.57 Å². The predicted octanol–water partition coefficient (Wildman–Crippen LogP) is 24.6. The quantitative estimate of drug-likeness (QED) is 0.155. The van der Waals surface area contributed by atoms with E-state index in [1.165, 1.54) is 144 Å². The molecule has 1 heteroatoms. The van der Waals surface area contributed by atoms with Crippen LogP contribution in [0, 0.1) is 90.0 Å². The molecule has 88 heavy (non-hydrogen) atoms. The van der Waals surface area contributed by atoms with Crippen LogP contribution in [0.2, 0.25) is 0 Å². The number of hydrogen-bond donors (Lipinski definition) is 0. The summed E-state index contributed by atoms with van der Waals surface area (Å²) in [5.41, 5.74) is 26.4. The zero-order chi connectivity index (χ0) is 62.5. The van der Waals surface area contributed by atoms with Gasteiger partial charge in [-0.15, -0.1) is 0 Å². The van der Waals surface area contributed by atoms with Gasteiger partial charge >= 0.3 is 0 Å². The van der Waals surface area contributed by atoms with Gasteiger partial charge in [0.05, 0.1) is 11.0 Å². The van der Waals surface area contributed by atoms with Crippen LogP contribution in [0.5, 0.6) is 0 Å². The first-order valence-electron chi connectivity index (χ1n) is 30.8. The first-order chi connectivity index (χ1) is 42.5. The summed E-state index contributed by atoms with van der Waals surface area (Å²) in [5, 5.41) is 8.01. The Balaban J connectivity index is 0.000000138. The standard InChI is InChI=1S/C19H15N.C19H16.C15H12.2C9H12.2C8H10/c1-14-11-12-17-16-9-5-6-10-18(16)20(19(17)13-14)15-7-3-2-4-8-15;1-15-12-18(16-8-4-2-5-9-16)14-19(13-15)17-10-6-3-7-11-17;1-11-10-12-6-2-3-8-14(12)15-9-5-4-7-13(11)15;1-7-4-8(2)6-9(3)5-7;1-7-5-4-6-8(2)9(7)3;1-7-4-3-5-8(2)6-7;1-7-5-3-4-6-8(7)2/h2-13H,1H3;2-14H,1H3;2-10H,1H3;2*4-6H,1-3H3;2*3-6H,1-2H3. The summed E-state index contributed by atoms with van der Waals surface area (Å²) in [4.78, 5) is 0. The molecule has 0 radical (unpaired) electrons. The Morgan fingerprint density at radius 2 is 0.580 bits per heavy atom. The van der Waals surface area contributed by atoms with E-state index >= 15 is 0 Å². The Bertz CT molecular complexity index is 4340. The van der Waals surface area contributed by atoms with E-state index in [1.807, 2.05) is 0 Å². The predicted molar refractivity (Wildman–Crippen MR) is 387 cm³/mol. The molecule has 0 amide bonds. The van der Waals surface area contributed by atoms with Crippen molar-refractivity contribution in [1.82, 2.24) is 4.57 Å². The van der Waals surface area contributed by atoms with E-state index in [4.69, 9.17) is 0 Å². The van der Waals surface area contributed by atoms with Gasteiger partial charge in [0.2, 0.25) is 0 Å². The highest BCUT2D eigenvalue weighted by molar-refractivity contribution is 6.10. The van der Waals surface area contributed by atoms with E-state index in [0.717, 1.165) is 0 Å². The molecule has 0 unspecified atom stereocenters. The Hall–Kier alpha value is -9.82. The fraction of sp³-hybridized carbons (Fsp3) is 0.149. The molecule has 13 aromatic carbocycles. The fourth-order valence-corrected chi connectivity index (χ4v) is 11.1. The molecule has 1 nitrogen and oxygen atoms in total. The zero-order valence-electron chi connectivity index (χ0n) is 54.2. The molecule has 14 rings (SSSR count). The van der Waals surface area contributed by atoms with Gasteiger partial charge in [-0.2, -0.15) is 0 Å². The molecule has 0 aliphatic heterocycles. The molecule has 1 heterocycles. The van der Waals surface area contributed by atoms with Crippen molar-refractivity contribution in [1.29, 1.82) is 0 Å². The van der Waals surface area contributed by atoms with E-state index in [0.29, 0.717) is 0 Å². The van der Waals surface area contributed by atoms with Crippen molar-refractivity contribution in [3.8, 4) is 27.9 Å². The maximum Gasteiger partial charge on any atom is 0.0543 e. The van der Waals surface area contributed by atoms with E-state index < -0.39 is 0 Å². The van der Waals surface area contributed by atoms with E-state index in [1.54, 1.807) is 0 Å². The van der Waals surface area contributed by atoms with Crippen LogP contribution in [0.3, 0.4) is 0 Å². The molecule has 1 aromatic heterocycles. The number of nitrogens with zero attached hydrogens (tertiary/aromatic N) is 1. The van der Waals surface area contributed by atoms with Gasteiger partial charge in [0.25, 0.3) is 0 Å². The third kappa shape index (κ3) is 17.9. The lowest BCUT2D eigenvalue weighted by atomic mass is 9.97. The Morgan fingerprint density at radius 3 is 1.08 bits per heavy atom. The van der Waals surface area contributed by atoms with Crippen molar-refractivity contribution in [2.75, 3.05) is 0 Å². The van der Waals surface area contributed by atoms with Gasteiger partial charge in [0.15, 0.2) is 0 Å². The van der Waals surface area contributed by atoms with Crippen molar-refractivity contribution in [3.05, 3.63) is 364 Å². The second-order valence-corrected chi connectivity index (χ2v) is 23.4. The molecule has 14 aromatic rings. The van der Waals surface area contributed by atoms with Gasteiger partial charge < -0.3 is 4.57 Å². The molecular weight excluding hydrogens is 1060 g/mol. The van der Waals surface area contributed by atoms with Crippen molar-refractivity contribution in [2.24, 2.45) is 0 Å². The molecule has 0 spiro atoms. The smallest absolute Gasteiger partial charge is 0.0543 e. The number of aryl methyl sites for hydroxylation is 12. The minimum absolute atomic E-state index is 1.21. The second-order valence-electron chi connectivity index (χ2n) is 23.4. The number of rotatable bonds is 3. The average molecular weight is 1150 g/mol. The summed E-state index contributed by atoms with van der Waals surface area (Å²) < 4.78 is 2.34. The Kier molecular flexibility index (Phi) is 23.0. The molecule has 0 atom stereocenters. The largest absolute Gasteiger partial charge is 0.309 e. The summed E-state index contributed by atoms with van der Waals surface area (Å²) >= 11 is 0. The lowest BCUT2D eigenvalue weighted by Gasteiger charge is -2.08. The summed E-state index contributed by atoms with van der Waals surface area (Å²) in [6.07, 6.45) is 0. The number of hydrogen-bond acceptors (Lipinski definition) is 0. The van der Waals surface area contributed by atoms with Gasteiger partial charge in [-0.1, -0.05) is 289 Å². The SMILES string of the molecule is Cc1cc(-c2ccccc2)cc(-c2ccccc2)c1.Cc1cc(C)cc(C)c1.Cc1cc2ccccc2c2ccccc12.Cc1ccc2c3ccccc3n(-c3ccccc3)c2c1.Cc1cccc(C)c1.Cc1cccc(C)c1C.Cc1ccccc1C. The summed E-state index contributed by atoms with van der Waals surface area (Å²) in [7, 11) is 0. The first-order valence-corrected chi connectivity index (χ1v) is 30.8. The fourth-order valence-electron chi connectivity index (χ4n) is 11.1. The van der Waals surface area contributed by atoms with E-state index in [-0.39, 0.29) is 0 Å². The molecule has 0 aliphatic carbocycles. The minimum atomic E-state index is 1.21. The molecular formula is C87H87N. The lowest BCUT2D eigenvalue weighted by Crippen LogP contribution is -1.92. The van der Waals surface area contributed by atoms with E-state index in [2.05, 4.69) is 386 Å². The summed E-state index contributed by atoms with van der Waals surface area (Å²) in [5.74, 6) is 0. The molecule has 0 bridgehead atoms. The highest BCUT2D eigenvalue weighted by Gasteiger charge is 2.12. The van der Waals surface area contributed by atoms with E-state index in [9.17, 15) is 0 Å². The minimum Gasteiger partial charge on any atom is -0.309 e. The molecule has 0 saturated carbocycles. The van der Waals surface area contributed by atoms with Gasteiger partial charge in [-0.05, 0) is 209 Å². The topological polar surface area (TPSA) is 4.93 Å². The molecule has 440 valence electrons. The number of fused-ring (bicyclic) bond motifs is 6. The van der Waals surface area contributed by atoms with Crippen LogP contribution in [0.1, 0.15) is 72.3 Å². The third-order valence-corrected chi connectivity index (χ3v) is 16.0. The Morgan fingerprint density at radius 1 is 0.193 bits per heavy atom. The number of benzene rings is 13. The molecule has 0 aliphatic rings.